The molecule has 23 heavy (non-hydrogen) atoms. The van der Waals surface area contributed by atoms with Crippen LogP contribution >= 0.6 is 11.3 Å². The number of fused-ring (bicyclic) bond motifs is 1. The molecule has 2 aromatic rings. The summed E-state index contributed by atoms with van der Waals surface area (Å²) < 4.78 is 14.0. The monoisotopic (exact) mass is 330 g/mol. The molecule has 1 aliphatic heterocycles. The number of hydrogen-bond donors (Lipinski definition) is 0. The van der Waals surface area contributed by atoms with E-state index in [4.69, 9.17) is 0 Å². The van der Waals surface area contributed by atoms with Crippen molar-refractivity contribution in [1.82, 2.24) is 9.88 Å². The Morgan fingerprint density at radius 1 is 1.26 bits per heavy atom. The highest BCUT2D eigenvalue weighted by Gasteiger charge is 2.30. The Morgan fingerprint density at radius 2 is 2.04 bits per heavy atom. The lowest BCUT2D eigenvalue weighted by molar-refractivity contribution is -0.136. The van der Waals surface area contributed by atoms with Gasteiger partial charge in [-0.3, -0.25) is 4.79 Å². The number of carbonyl (C=O) groups excluding carboxylic acids is 1. The van der Waals surface area contributed by atoms with Crippen LogP contribution in [0.2, 0.25) is 0 Å². The molecule has 4 rings (SSSR count). The van der Waals surface area contributed by atoms with Crippen molar-refractivity contribution in [3.8, 4) is 10.6 Å². The maximum atomic E-state index is 14.0. The molecule has 0 N–H and O–H groups in total. The quantitative estimate of drug-likeness (QED) is 0.833. The predicted molar refractivity (Wildman–Crippen MR) is 88.6 cm³/mol. The summed E-state index contributed by atoms with van der Waals surface area (Å²) in [6.45, 7) is 1.37. The topological polar surface area (TPSA) is 33.2 Å². The van der Waals surface area contributed by atoms with Crippen LogP contribution in [0.3, 0.4) is 0 Å². The third-order valence-corrected chi connectivity index (χ3v) is 5.97. The van der Waals surface area contributed by atoms with Gasteiger partial charge in [0.15, 0.2) is 0 Å². The summed E-state index contributed by atoms with van der Waals surface area (Å²) in [5.41, 5.74) is 1.59. The molecule has 0 spiro atoms. The maximum Gasteiger partial charge on any atom is 0.226 e. The largest absolute Gasteiger partial charge is 0.337 e. The number of thiazole rings is 1. The third-order valence-electron chi connectivity index (χ3n) is 4.85. The van der Waals surface area contributed by atoms with Gasteiger partial charge in [-0.05, 0) is 25.0 Å². The van der Waals surface area contributed by atoms with Crippen molar-refractivity contribution >= 4 is 17.2 Å². The van der Waals surface area contributed by atoms with Crippen molar-refractivity contribution in [3.63, 3.8) is 0 Å². The summed E-state index contributed by atoms with van der Waals surface area (Å²) in [5, 5.41) is 0.725. The number of nitrogens with zero attached hydrogens (tertiary/aromatic N) is 2. The van der Waals surface area contributed by atoms with Gasteiger partial charge in [-0.2, -0.15) is 0 Å². The van der Waals surface area contributed by atoms with Gasteiger partial charge in [-0.25, -0.2) is 9.37 Å². The molecule has 5 heteroatoms. The van der Waals surface area contributed by atoms with Crippen molar-refractivity contribution in [2.24, 2.45) is 5.92 Å². The van der Waals surface area contributed by atoms with Crippen LogP contribution in [0.4, 0.5) is 4.39 Å². The molecule has 0 bridgehead atoms. The number of aromatic nitrogens is 1. The molecule has 0 radical (unpaired) electrons. The number of carbonyl (C=O) groups is 1. The molecule has 2 aliphatic rings. The van der Waals surface area contributed by atoms with E-state index in [1.165, 1.54) is 30.2 Å². The lowest BCUT2D eigenvalue weighted by Gasteiger charge is -2.28. The van der Waals surface area contributed by atoms with Crippen LogP contribution in [0.5, 0.6) is 0 Å². The van der Waals surface area contributed by atoms with Crippen molar-refractivity contribution in [2.45, 2.75) is 38.6 Å². The summed E-state index contributed by atoms with van der Waals surface area (Å²) in [6.07, 6.45) is 5.19. The first-order valence-corrected chi connectivity index (χ1v) is 9.06. The van der Waals surface area contributed by atoms with E-state index in [1.807, 2.05) is 11.0 Å². The smallest absolute Gasteiger partial charge is 0.226 e. The lowest BCUT2D eigenvalue weighted by atomic mass is 10.0. The normalized spacial score (nSPS) is 18.2. The van der Waals surface area contributed by atoms with E-state index >= 15 is 0 Å². The molecule has 1 saturated carbocycles. The molecule has 1 aliphatic carbocycles. The number of halogens is 1. The van der Waals surface area contributed by atoms with Gasteiger partial charge >= 0.3 is 0 Å². The Hall–Kier alpha value is -1.75. The van der Waals surface area contributed by atoms with Gasteiger partial charge in [0, 0.05) is 29.3 Å². The first kappa shape index (κ1) is 14.8. The SMILES string of the molecule is O=C(C1CCCC1)N1CCc2nc(-c3ccccc3F)sc2C1. The van der Waals surface area contributed by atoms with Crippen LogP contribution in [-0.4, -0.2) is 22.3 Å². The highest BCUT2D eigenvalue weighted by molar-refractivity contribution is 7.15. The van der Waals surface area contributed by atoms with Crippen LogP contribution < -0.4 is 0 Å². The second-order valence-corrected chi connectivity index (χ2v) is 7.44. The molecule has 120 valence electrons. The van der Waals surface area contributed by atoms with E-state index in [1.54, 1.807) is 12.1 Å². The first-order chi connectivity index (χ1) is 11.2. The highest BCUT2D eigenvalue weighted by atomic mass is 32.1. The van der Waals surface area contributed by atoms with E-state index in [2.05, 4.69) is 4.98 Å². The zero-order valence-electron chi connectivity index (χ0n) is 12.9. The standard InChI is InChI=1S/C18H19FN2OS/c19-14-8-4-3-7-13(14)17-20-15-9-10-21(11-16(15)23-17)18(22)12-5-1-2-6-12/h3-4,7-8,12H,1-2,5-6,9-11H2. The maximum absolute atomic E-state index is 14.0. The summed E-state index contributed by atoms with van der Waals surface area (Å²) in [4.78, 5) is 20.3. The Balaban J connectivity index is 1.56. The summed E-state index contributed by atoms with van der Waals surface area (Å²) in [7, 11) is 0. The van der Waals surface area contributed by atoms with Gasteiger partial charge in [0.25, 0.3) is 0 Å². The van der Waals surface area contributed by atoms with Crippen LogP contribution in [0.15, 0.2) is 24.3 Å². The predicted octanol–water partition coefficient (Wildman–Crippen LogP) is 4.02. The third kappa shape index (κ3) is 2.78. The van der Waals surface area contributed by atoms with E-state index in [0.717, 1.165) is 41.4 Å². The van der Waals surface area contributed by atoms with Gasteiger partial charge in [0.05, 0.1) is 12.2 Å². The average molecular weight is 330 g/mol. The minimum absolute atomic E-state index is 0.218. The molecule has 0 saturated heterocycles. The first-order valence-electron chi connectivity index (χ1n) is 8.24. The Bertz CT molecular complexity index is 736. The van der Waals surface area contributed by atoms with Crippen LogP contribution in [-0.2, 0) is 17.8 Å². The van der Waals surface area contributed by atoms with Crippen LogP contribution in [0.1, 0.15) is 36.3 Å². The van der Waals surface area contributed by atoms with Crippen molar-refractivity contribution < 1.29 is 9.18 Å². The van der Waals surface area contributed by atoms with Gasteiger partial charge < -0.3 is 4.90 Å². The molecule has 2 heterocycles. The fourth-order valence-electron chi connectivity index (χ4n) is 3.56. The van der Waals surface area contributed by atoms with Crippen LogP contribution in [0, 0.1) is 11.7 Å². The van der Waals surface area contributed by atoms with E-state index < -0.39 is 0 Å². The Kier molecular flexibility index (Phi) is 3.89. The fraction of sp³-hybridized carbons (Fsp3) is 0.444. The molecule has 0 unspecified atom stereocenters. The summed E-state index contributed by atoms with van der Waals surface area (Å²) >= 11 is 1.52. The highest BCUT2D eigenvalue weighted by Crippen LogP contribution is 2.34. The molecular weight excluding hydrogens is 311 g/mol. The molecule has 1 amide bonds. The number of rotatable bonds is 2. The minimum Gasteiger partial charge on any atom is -0.337 e. The second kappa shape index (κ2) is 6.04. The summed E-state index contributed by atoms with van der Waals surface area (Å²) in [6, 6.07) is 6.75. The fourth-order valence-corrected chi connectivity index (χ4v) is 4.72. The van der Waals surface area contributed by atoms with Gasteiger partial charge in [0.1, 0.15) is 10.8 Å². The Labute approximate surface area is 139 Å². The zero-order chi connectivity index (χ0) is 15.8. The zero-order valence-corrected chi connectivity index (χ0v) is 13.7. The van der Waals surface area contributed by atoms with Crippen LogP contribution in [0.25, 0.3) is 10.6 Å². The van der Waals surface area contributed by atoms with E-state index in [9.17, 15) is 9.18 Å². The van der Waals surface area contributed by atoms with E-state index in [0.29, 0.717) is 18.0 Å². The average Bonchev–Trinajstić information content (AvgIpc) is 3.23. The molecule has 1 fully saturated rings. The second-order valence-electron chi connectivity index (χ2n) is 6.36. The van der Waals surface area contributed by atoms with Gasteiger partial charge in [0.2, 0.25) is 5.91 Å². The van der Waals surface area contributed by atoms with Gasteiger partial charge in [-0.1, -0.05) is 25.0 Å². The lowest BCUT2D eigenvalue weighted by Crippen LogP contribution is -2.38. The molecular formula is C18H19FN2OS. The van der Waals surface area contributed by atoms with Crippen molar-refractivity contribution in [2.75, 3.05) is 6.54 Å². The van der Waals surface area contributed by atoms with Crippen molar-refractivity contribution in [3.05, 3.63) is 40.7 Å². The van der Waals surface area contributed by atoms with E-state index in [-0.39, 0.29) is 11.7 Å². The molecule has 1 aromatic carbocycles. The number of hydrogen-bond acceptors (Lipinski definition) is 3. The molecule has 0 atom stereocenters. The van der Waals surface area contributed by atoms with Crippen molar-refractivity contribution in [1.29, 1.82) is 0 Å². The molecule has 1 aromatic heterocycles. The van der Waals surface area contributed by atoms with Gasteiger partial charge in [-0.15, -0.1) is 11.3 Å². The summed E-state index contributed by atoms with van der Waals surface area (Å²) in [5.74, 6) is 0.280. The number of amides is 1. The molecule has 3 nitrogen and oxygen atoms in total. The Morgan fingerprint density at radius 3 is 2.83 bits per heavy atom. The minimum atomic E-state index is -0.238. The number of benzene rings is 1.